The zero-order chi connectivity index (χ0) is 11.4. The lowest BCUT2D eigenvalue weighted by molar-refractivity contribution is 0.353. The van der Waals surface area contributed by atoms with E-state index in [0.717, 1.165) is 43.3 Å². The van der Waals surface area contributed by atoms with Gasteiger partial charge in [0.15, 0.2) is 0 Å². The topological polar surface area (TPSA) is 21.3 Å². The molecule has 0 atom stereocenters. The van der Waals surface area contributed by atoms with Gasteiger partial charge in [0, 0.05) is 11.4 Å². The van der Waals surface area contributed by atoms with Crippen LogP contribution < -0.4 is 10.1 Å². The molecule has 0 aliphatic carbocycles. The van der Waals surface area contributed by atoms with E-state index < -0.39 is 0 Å². The molecule has 0 fully saturated rings. The minimum Gasteiger partial charge on any atom is -0.493 e. The highest BCUT2D eigenvalue weighted by Crippen LogP contribution is 2.32. The second-order valence-electron chi connectivity index (χ2n) is 4.15. The molecule has 0 saturated carbocycles. The van der Waals surface area contributed by atoms with Crippen LogP contribution in [0.3, 0.4) is 0 Å². The Morgan fingerprint density at radius 3 is 3.06 bits per heavy atom. The highest BCUT2D eigenvalue weighted by Gasteiger charge is 2.16. The summed E-state index contributed by atoms with van der Waals surface area (Å²) in [5.41, 5.74) is 2.50. The maximum Gasteiger partial charge on any atom is 0.125 e. The van der Waals surface area contributed by atoms with Crippen LogP contribution in [0.2, 0.25) is 5.02 Å². The molecule has 0 unspecified atom stereocenters. The van der Waals surface area contributed by atoms with Gasteiger partial charge in [0.1, 0.15) is 5.75 Å². The maximum atomic E-state index is 6.09. The number of rotatable bonds is 5. The predicted octanol–water partition coefficient (Wildman–Crippen LogP) is 2.82. The Morgan fingerprint density at radius 2 is 2.25 bits per heavy atom. The molecule has 16 heavy (non-hydrogen) atoms. The highest BCUT2D eigenvalue weighted by atomic mass is 35.5. The minimum atomic E-state index is 0.797. The van der Waals surface area contributed by atoms with Crippen molar-refractivity contribution in [1.82, 2.24) is 5.32 Å². The number of hydrogen-bond donors (Lipinski definition) is 1. The van der Waals surface area contributed by atoms with Crippen molar-refractivity contribution < 1.29 is 4.74 Å². The molecule has 1 aromatic carbocycles. The smallest absolute Gasteiger partial charge is 0.125 e. The van der Waals surface area contributed by atoms with Crippen molar-refractivity contribution in [2.24, 2.45) is 0 Å². The third-order valence-corrected chi connectivity index (χ3v) is 3.04. The van der Waals surface area contributed by atoms with E-state index in [1.807, 2.05) is 12.1 Å². The fraction of sp³-hybridized carbons (Fsp3) is 0.538. The number of nitrogens with one attached hydrogen (secondary N) is 1. The predicted molar refractivity (Wildman–Crippen MR) is 67.5 cm³/mol. The van der Waals surface area contributed by atoms with Crippen molar-refractivity contribution in [2.75, 3.05) is 19.7 Å². The molecule has 2 nitrogen and oxygen atoms in total. The maximum absolute atomic E-state index is 6.09. The molecule has 1 heterocycles. The van der Waals surface area contributed by atoms with E-state index in [2.05, 4.69) is 12.2 Å². The quantitative estimate of drug-likeness (QED) is 0.798. The first-order valence-corrected chi connectivity index (χ1v) is 6.34. The number of ether oxygens (including phenoxy) is 1. The molecule has 1 N–H and O–H groups in total. The van der Waals surface area contributed by atoms with E-state index in [1.165, 1.54) is 17.5 Å². The van der Waals surface area contributed by atoms with Crippen LogP contribution in [0.4, 0.5) is 0 Å². The Bertz CT molecular complexity index is 365. The third-order valence-electron chi connectivity index (χ3n) is 2.82. The van der Waals surface area contributed by atoms with Crippen molar-refractivity contribution in [2.45, 2.75) is 26.2 Å². The second-order valence-corrected chi connectivity index (χ2v) is 4.59. The summed E-state index contributed by atoms with van der Waals surface area (Å²) in [5.74, 6) is 1.07. The molecule has 3 heteroatoms. The average molecular weight is 240 g/mol. The van der Waals surface area contributed by atoms with Crippen LogP contribution >= 0.6 is 11.6 Å². The lowest BCUT2D eigenvalue weighted by atomic mass is 10.1. The first-order chi connectivity index (χ1) is 7.81. The Morgan fingerprint density at radius 1 is 1.38 bits per heavy atom. The van der Waals surface area contributed by atoms with Gasteiger partial charge >= 0.3 is 0 Å². The molecule has 1 aliphatic heterocycles. The SMILES string of the molecule is CCCNCCc1cc(Cl)cc2c1OCC2. The van der Waals surface area contributed by atoms with Gasteiger partial charge in [-0.15, -0.1) is 0 Å². The fourth-order valence-corrected chi connectivity index (χ4v) is 2.32. The normalized spacial score (nSPS) is 13.6. The van der Waals surface area contributed by atoms with Crippen LogP contribution in [-0.4, -0.2) is 19.7 Å². The van der Waals surface area contributed by atoms with Crippen LogP contribution in [0.1, 0.15) is 24.5 Å². The van der Waals surface area contributed by atoms with E-state index in [4.69, 9.17) is 16.3 Å². The standard InChI is InChI=1S/C13H18ClNO/c1-2-5-15-6-3-10-8-12(14)9-11-4-7-16-13(10)11/h8-9,15H,2-7H2,1H3. The molecule has 0 spiro atoms. The van der Waals surface area contributed by atoms with Crippen LogP contribution in [0.5, 0.6) is 5.75 Å². The summed E-state index contributed by atoms with van der Waals surface area (Å²) in [6.45, 7) is 5.03. The first kappa shape index (κ1) is 11.7. The molecule has 0 aromatic heterocycles. The molecule has 1 aliphatic rings. The van der Waals surface area contributed by atoms with E-state index >= 15 is 0 Å². The largest absolute Gasteiger partial charge is 0.493 e. The molecular weight excluding hydrogens is 222 g/mol. The third kappa shape index (κ3) is 2.69. The van der Waals surface area contributed by atoms with Crippen molar-refractivity contribution in [3.05, 3.63) is 28.3 Å². The number of hydrogen-bond acceptors (Lipinski definition) is 2. The summed E-state index contributed by atoms with van der Waals surface area (Å²) < 4.78 is 5.66. The zero-order valence-electron chi connectivity index (χ0n) is 9.68. The Hall–Kier alpha value is -0.730. The average Bonchev–Trinajstić information content (AvgIpc) is 2.72. The van der Waals surface area contributed by atoms with Crippen molar-refractivity contribution in [3.8, 4) is 5.75 Å². The van der Waals surface area contributed by atoms with Crippen LogP contribution in [0.15, 0.2) is 12.1 Å². The summed E-state index contributed by atoms with van der Waals surface area (Å²) in [6.07, 6.45) is 3.15. The summed E-state index contributed by atoms with van der Waals surface area (Å²) in [4.78, 5) is 0. The Kier molecular flexibility index (Phi) is 4.08. The van der Waals surface area contributed by atoms with E-state index in [0.29, 0.717) is 0 Å². The number of halogens is 1. The van der Waals surface area contributed by atoms with Gasteiger partial charge in [-0.2, -0.15) is 0 Å². The van der Waals surface area contributed by atoms with Gasteiger partial charge in [0.05, 0.1) is 6.61 Å². The highest BCUT2D eigenvalue weighted by molar-refractivity contribution is 6.30. The van der Waals surface area contributed by atoms with Gasteiger partial charge in [0.2, 0.25) is 0 Å². The molecule has 88 valence electrons. The minimum absolute atomic E-state index is 0.797. The lowest BCUT2D eigenvalue weighted by Gasteiger charge is -2.09. The monoisotopic (exact) mass is 239 g/mol. The Labute approximate surface area is 102 Å². The van der Waals surface area contributed by atoms with E-state index in [9.17, 15) is 0 Å². The zero-order valence-corrected chi connectivity index (χ0v) is 10.4. The van der Waals surface area contributed by atoms with Crippen LogP contribution in [-0.2, 0) is 12.8 Å². The molecule has 0 amide bonds. The molecule has 0 radical (unpaired) electrons. The van der Waals surface area contributed by atoms with Crippen LogP contribution in [0.25, 0.3) is 0 Å². The number of fused-ring (bicyclic) bond motifs is 1. The number of benzene rings is 1. The van der Waals surface area contributed by atoms with Crippen molar-refractivity contribution in [1.29, 1.82) is 0 Å². The van der Waals surface area contributed by atoms with Gasteiger partial charge < -0.3 is 10.1 Å². The molecular formula is C13H18ClNO. The molecule has 1 aromatic rings. The summed E-state index contributed by atoms with van der Waals surface area (Å²) in [6, 6.07) is 4.05. The first-order valence-electron chi connectivity index (χ1n) is 5.96. The fourth-order valence-electron chi connectivity index (χ4n) is 2.06. The van der Waals surface area contributed by atoms with E-state index in [1.54, 1.807) is 0 Å². The van der Waals surface area contributed by atoms with Crippen molar-refractivity contribution >= 4 is 11.6 Å². The lowest BCUT2D eigenvalue weighted by Crippen LogP contribution is -2.18. The molecule has 0 bridgehead atoms. The molecule has 2 rings (SSSR count). The van der Waals surface area contributed by atoms with Crippen LogP contribution in [0, 0.1) is 0 Å². The molecule has 0 saturated heterocycles. The summed E-state index contributed by atoms with van der Waals surface area (Å²) in [7, 11) is 0. The second kappa shape index (κ2) is 5.55. The summed E-state index contributed by atoms with van der Waals surface area (Å²) >= 11 is 6.09. The van der Waals surface area contributed by atoms with E-state index in [-0.39, 0.29) is 0 Å². The van der Waals surface area contributed by atoms with Gasteiger partial charge in [-0.25, -0.2) is 0 Å². The van der Waals surface area contributed by atoms with Gasteiger partial charge in [-0.1, -0.05) is 18.5 Å². The van der Waals surface area contributed by atoms with Gasteiger partial charge in [0.25, 0.3) is 0 Å². The van der Waals surface area contributed by atoms with Gasteiger partial charge in [-0.3, -0.25) is 0 Å². The summed E-state index contributed by atoms with van der Waals surface area (Å²) in [5, 5.41) is 4.22. The van der Waals surface area contributed by atoms with Crippen molar-refractivity contribution in [3.63, 3.8) is 0 Å². The van der Waals surface area contributed by atoms with Gasteiger partial charge in [-0.05, 0) is 49.2 Å². The Balaban J connectivity index is 2.03.